The van der Waals surface area contributed by atoms with Crippen molar-refractivity contribution >= 4 is 0 Å². The molecule has 1 aliphatic heterocycles. The Hall–Kier alpha value is -0.860. The minimum absolute atomic E-state index is 0.468. The van der Waals surface area contributed by atoms with Crippen LogP contribution in [0.2, 0.25) is 0 Å². The van der Waals surface area contributed by atoms with Gasteiger partial charge in [0.05, 0.1) is 0 Å². The molecular weight excluding hydrogens is 220 g/mol. The molecule has 2 nitrogen and oxygen atoms in total. The topological polar surface area (TPSA) is 15.3 Å². The highest BCUT2D eigenvalue weighted by Gasteiger charge is 2.34. The Labute approximate surface area is 110 Å². The van der Waals surface area contributed by atoms with Gasteiger partial charge in [-0.2, -0.15) is 0 Å². The molecular formula is C16H24N2. The van der Waals surface area contributed by atoms with Gasteiger partial charge >= 0.3 is 0 Å². The number of hydrogen-bond acceptors (Lipinski definition) is 2. The van der Waals surface area contributed by atoms with E-state index >= 15 is 0 Å². The monoisotopic (exact) mass is 244 g/mol. The first-order chi connectivity index (χ1) is 8.74. The SMILES string of the molecule is Cc1ccccc1[C@@H](C)NC1CCN(C2CC2)C1. The molecule has 98 valence electrons. The lowest BCUT2D eigenvalue weighted by Gasteiger charge is -2.22. The van der Waals surface area contributed by atoms with Gasteiger partial charge in [0.25, 0.3) is 0 Å². The zero-order chi connectivity index (χ0) is 12.5. The summed E-state index contributed by atoms with van der Waals surface area (Å²) in [7, 11) is 0. The van der Waals surface area contributed by atoms with E-state index in [2.05, 4.69) is 48.3 Å². The summed E-state index contributed by atoms with van der Waals surface area (Å²) in [5.41, 5.74) is 2.84. The fraction of sp³-hybridized carbons (Fsp3) is 0.625. The van der Waals surface area contributed by atoms with Gasteiger partial charge in [-0.15, -0.1) is 0 Å². The fourth-order valence-corrected chi connectivity index (χ4v) is 3.21. The van der Waals surface area contributed by atoms with E-state index in [1.165, 1.54) is 43.5 Å². The van der Waals surface area contributed by atoms with Gasteiger partial charge in [0.1, 0.15) is 0 Å². The number of hydrogen-bond donors (Lipinski definition) is 1. The molecule has 0 aromatic heterocycles. The molecule has 1 saturated heterocycles. The Morgan fingerprint density at radius 1 is 1.22 bits per heavy atom. The zero-order valence-corrected chi connectivity index (χ0v) is 11.5. The smallest absolute Gasteiger partial charge is 0.0297 e. The fourth-order valence-electron chi connectivity index (χ4n) is 3.21. The maximum atomic E-state index is 3.81. The molecule has 1 aromatic rings. The van der Waals surface area contributed by atoms with Crippen molar-refractivity contribution in [2.75, 3.05) is 13.1 Å². The summed E-state index contributed by atoms with van der Waals surface area (Å²) < 4.78 is 0. The summed E-state index contributed by atoms with van der Waals surface area (Å²) in [4.78, 5) is 2.67. The molecule has 1 unspecified atom stereocenters. The molecule has 0 spiro atoms. The number of rotatable bonds is 4. The van der Waals surface area contributed by atoms with E-state index < -0.39 is 0 Å². The first-order valence-electron chi connectivity index (χ1n) is 7.29. The number of benzene rings is 1. The Balaban J connectivity index is 1.58. The van der Waals surface area contributed by atoms with Crippen LogP contribution in [0.25, 0.3) is 0 Å². The molecule has 18 heavy (non-hydrogen) atoms. The van der Waals surface area contributed by atoms with Crippen LogP contribution in [0.3, 0.4) is 0 Å². The van der Waals surface area contributed by atoms with Crippen molar-refractivity contribution in [1.29, 1.82) is 0 Å². The van der Waals surface area contributed by atoms with Gasteiger partial charge in [0.15, 0.2) is 0 Å². The second-order valence-corrected chi connectivity index (χ2v) is 5.96. The maximum absolute atomic E-state index is 3.81. The lowest BCUT2D eigenvalue weighted by atomic mass is 10.0. The van der Waals surface area contributed by atoms with Crippen LogP contribution in [0, 0.1) is 6.92 Å². The van der Waals surface area contributed by atoms with E-state index in [-0.39, 0.29) is 0 Å². The van der Waals surface area contributed by atoms with Crippen LogP contribution in [0.15, 0.2) is 24.3 Å². The highest BCUT2D eigenvalue weighted by molar-refractivity contribution is 5.28. The molecule has 0 amide bonds. The molecule has 2 heteroatoms. The van der Waals surface area contributed by atoms with Crippen LogP contribution in [-0.4, -0.2) is 30.1 Å². The Kier molecular flexibility index (Phi) is 3.40. The summed E-state index contributed by atoms with van der Waals surface area (Å²) in [5.74, 6) is 0. The summed E-state index contributed by atoms with van der Waals surface area (Å²) in [6.45, 7) is 7.05. The third kappa shape index (κ3) is 2.60. The van der Waals surface area contributed by atoms with Gasteiger partial charge in [0, 0.05) is 31.2 Å². The number of nitrogens with one attached hydrogen (secondary N) is 1. The highest BCUT2D eigenvalue weighted by atomic mass is 15.2. The lowest BCUT2D eigenvalue weighted by molar-refractivity contribution is 0.313. The van der Waals surface area contributed by atoms with Crippen LogP contribution < -0.4 is 5.32 Å². The standard InChI is InChI=1S/C16H24N2/c1-12-5-3-4-6-16(12)13(2)17-14-9-10-18(11-14)15-7-8-15/h3-6,13-15,17H,7-11H2,1-2H3/t13-,14?/m1/s1. The van der Waals surface area contributed by atoms with Gasteiger partial charge < -0.3 is 5.32 Å². The highest BCUT2D eigenvalue weighted by Crippen LogP contribution is 2.30. The van der Waals surface area contributed by atoms with E-state index in [1.807, 2.05) is 0 Å². The lowest BCUT2D eigenvalue weighted by Crippen LogP contribution is -2.35. The van der Waals surface area contributed by atoms with E-state index in [4.69, 9.17) is 0 Å². The van der Waals surface area contributed by atoms with Crippen molar-refractivity contribution in [1.82, 2.24) is 10.2 Å². The average molecular weight is 244 g/mol. The van der Waals surface area contributed by atoms with Crippen LogP contribution in [-0.2, 0) is 0 Å². The molecule has 1 saturated carbocycles. The first-order valence-corrected chi connectivity index (χ1v) is 7.29. The van der Waals surface area contributed by atoms with E-state index in [0.29, 0.717) is 12.1 Å². The van der Waals surface area contributed by atoms with Gasteiger partial charge in [-0.3, -0.25) is 4.90 Å². The first kappa shape index (κ1) is 12.2. The van der Waals surface area contributed by atoms with Crippen molar-refractivity contribution in [2.45, 2.75) is 51.2 Å². The molecule has 2 atom stereocenters. The van der Waals surface area contributed by atoms with Gasteiger partial charge in [-0.05, 0) is 44.2 Å². The van der Waals surface area contributed by atoms with Crippen molar-refractivity contribution in [3.05, 3.63) is 35.4 Å². The van der Waals surface area contributed by atoms with Gasteiger partial charge in [-0.1, -0.05) is 24.3 Å². The molecule has 2 fully saturated rings. The molecule has 0 bridgehead atoms. The summed E-state index contributed by atoms with van der Waals surface area (Å²) in [5, 5.41) is 3.81. The van der Waals surface area contributed by atoms with Crippen LogP contribution in [0.5, 0.6) is 0 Å². The minimum atomic E-state index is 0.468. The number of nitrogens with zero attached hydrogens (tertiary/aromatic N) is 1. The predicted octanol–water partition coefficient (Wildman–Crippen LogP) is 2.88. The van der Waals surface area contributed by atoms with Crippen molar-refractivity contribution in [3.63, 3.8) is 0 Å². The summed E-state index contributed by atoms with van der Waals surface area (Å²) in [6, 6.07) is 10.8. The number of aryl methyl sites for hydroxylation is 1. The average Bonchev–Trinajstić information content (AvgIpc) is 3.11. The molecule has 1 heterocycles. The molecule has 0 radical (unpaired) electrons. The molecule has 3 rings (SSSR count). The summed E-state index contributed by atoms with van der Waals surface area (Å²) in [6.07, 6.45) is 4.17. The Morgan fingerprint density at radius 2 is 2.00 bits per heavy atom. The Morgan fingerprint density at radius 3 is 2.72 bits per heavy atom. The second-order valence-electron chi connectivity index (χ2n) is 5.96. The normalized spacial score (nSPS) is 26.4. The second kappa shape index (κ2) is 5.02. The Bertz CT molecular complexity index is 411. The predicted molar refractivity (Wildman–Crippen MR) is 75.7 cm³/mol. The van der Waals surface area contributed by atoms with E-state index in [0.717, 1.165) is 6.04 Å². The molecule has 1 aliphatic carbocycles. The van der Waals surface area contributed by atoms with Crippen molar-refractivity contribution < 1.29 is 0 Å². The maximum Gasteiger partial charge on any atom is 0.0297 e. The van der Waals surface area contributed by atoms with Crippen LogP contribution >= 0.6 is 0 Å². The van der Waals surface area contributed by atoms with E-state index in [1.54, 1.807) is 0 Å². The third-order valence-electron chi connectivity index (χ3n) is 4.42. The summed E-state index contributed by atoms with van der Waals surface area (Å²) >= 11 is 0. The van der Waals surface area contributed by atoms with E-state index in [9.17, 15) is 0 Å². The van der Waals surface area contributed by atoms with Crippen molar-refractivity contribution in [3.8, 4) is 0 Å². The van der Waals surface area contributed by atoms with Gasteiger partial charge in [-0.25, -0.2) is 0 Å². The minimum Gasteiger partial charge on any atom is -0.306 e. The third-order valence-corrected chi connectivity index (χ3v) is 4.42. The molecule has 1 aromatic carbocycles. The number of likely N-dealkylation sites (tertiary alicyclic amines) is 1. The van der Waals surface area contributed by atoms with Gasteiger partial charge in [0.2, 0.25) is 0 Å². The largest absolute Gasteiger partial charge is 0.306 e. The zero-order valence-electron chi connectivity index (χ0n) is 11.5. The molecule has 1 N–H and O–H groups in total. The van der Waals surface area contributed by atoms with Crippen LogP contribution in [0.4, 0.5) is 0 Å². The van der Waals surface area contributed by atoms with Crippen molar-refractivity contribution in [2.24, 2.45) is 0 Å². The molecule has 2 aliphatic rings. The van der Waals surface area contributed by atoms with Crippen LogP contribution in [0.1, 0.15) is 43.4 Å². The quantitative estimate of drug-likeness (QED) is 0.876.